The number of carbonyl (C=O) groups is 1. The highest BCUT2D eigenvalue weighted by atomic mass is 16.5. The maximum Gasteiger partial charge on any atom is 0.289 e. The average molecular weight is 351 g/mol. The van der Waals surface area contributed by atoms with Crippen LogP contribution in [0, 0.1) is 0 Å². The van der Waals surface area contributed by atoms with Crippen LogP contribution in [0.5, 0.6) is 11.6 Å². The number of benzene rings is 1. The predicted octanol–water partition coefficient (Wildman–Crippen LogP) is 2.16. The van der Waals surface area contributed by atoms with Crippen LogP contribution < -0.4 is 14.9 Å². The van der Waals surface area contributed by atoms with Gasteiger partial charge in [-0.2, -0.15) is 10.2 Å². The van der Waals surface area contributed by atoms with E-state index in [9.17, 15) is 4.79 Å². The Morgan fingerprint density at radius 1 is 1.27 bits per heavy atom. The van der Waals surface area contributed by atoms with Gasteiger partial charge >= 0.3 is 0 Å². The first-order valence-electron chi connectivity index (χ1n) is 7.80. The molecule has 0 saturated carbocycles. The minimum Gasteiger partial charge on any atom is -0.496 e. The smallest absolute Gasteiger partial charge is 0.289 e. The summed E-state index contributed by atoms with van der Waals surface area (Å²) in [6, 6.07) is 12.5. The van der Waals surface area contributed by atoms with Gasteiger partial charge in [-0.15, -0.1) is 0 Å². The number of methoxy groups -OCH3 is 1. The molecule has 0 aliphatic carbocycles. The highest BCUT2D eigenvalue weighted by Crippen LogP contribution is 2.21. The fraction of sp³-hybridized carbons (Fsp3) is 0.111. The number of ether oxygens (including phenoxy) is 2. The summed E-state index contributed by atoms with van der Waals surface area (Å²) in [6.07, 6.45) is 4.70. The monoisotopic (exact) mass is 351 g/mol. The number of H-pyrrole nitrogens is 1. The Kier molecular flexibility index (Phi) is 5.56. The lowest BCUT2D eigenvalue weighted by atomic mass is 10.1. The molecule has 2 heterocycles. The van der Waals surface area contributed by atoms with Gasteiger partial charge in [0.15, 0.2) is 0 Å². The zero-order chi connectivity index (χ0) is 18.2. The van der Waals surface area contributed by atoms with E-state index in [0.717, 1.165) is 11.1 Å². The van der Waals surface area contributed by atoms with E-state index in [0.29, 0.717) is 23.9 Å². The maximum atomic E-state index is 11.8. The van der Waals surface area contributed by atoms with E-state index in [1.807, 2.05) is 30.3 Å². The van der Waals surface area contributed by atoms with E-state index in [1.54, 1.807) is 25.4 Å². The van der Waals surface area contributed by atoms with Crippen molar-refractivity contribution in [3.8, 4) is 11.6 Å². The number of nitrogens with one attached hydrogen (secondary N) is 2. The molecule has 0 spiro atoms. The number of hydrogen-bond donors (Lipinski definition) is 2. The fourth-order valence-electron chi connectivity index (χ4n) is 2.18. The summed E-state index contributed by atoms with van der Waals surface area (Å²) < 4.78 is 11.0. The van der Waals surface area contributed by atoms with Gasteiger partial charge in [0, 0.05) is 24.0 Å². The van der Waals surface area contributed by atoms with Crippen molar-refractivity contribution in [1.82, 2.24) is 20.6 Å². The summed E-state index contributed by atoms with van der Waals surface area (Å²) in [4.78, 5) is 15.9. The molecule has 0 bridgehead atoms. The standard InChI is InChI=1S/C18H17N5O3/c1-25-16-6-5-13(11-21-23-18(24)15-7-9-20-22-15)10-14(16)12-26-17-4-2-3-8-19-17/h2-11H,12H2,1H3,(H,20,22)(H,23,24)/b21-11+. The lowest BCUT2D eigenvalue weighted by Crippen LogP contribution is -2.18. The van der Waals surface area contributed by atoms with Crippen LogP contribution in [0.25, 0.3) is 0 Å². The van der Waals surface area contributed by atoms with Crippen molar-refractivity contribution in [2.45, 2.75) is 6.61 Å². The Labute approximate surface area is 149 Å². The number of aromatic amines is 1. The summed E-state index contributed by atoms with van der Waals surface area (Å²) in [5.74, 6) is 0.853. The van der Waals surface area contributed by atoms with Crippen LogP contribution >= 0.6 is 0 Å². The van der Waals surface area contributed by atoms with E-state index < -0.39 is 0 Å². The summed E-state index contributed by atoms with van der Waals surface area (Å²) in [5.41, 5.74) is 4.38. The van der Waals surface area contributed by atoms with Gasteiger partial charge in [0.05, 0.1) is 13.3 Å². The van der Waals surface area contributed by atoms with Crippen LogP contribution in [-0.2, 0) is 6.61 Å². The minimum absolute atomic E-state index is 0.294. The van der Waals surface area contributed by atoms with Gasteiger partial charge in [0.25, 0.3) is 5.91 Å². The van der Waals surface area contributed by atoms with E-state index in [1.165, 1.54) is 12.4 Å². The molecule has 8 heteroatoms. The molecule has 1 amide bonds. The molecule has 0 atom stereocenters. The molecule has 0 aliphatic rings. The maximum absolute atomic E-state index is 11.8. The van der Waals surface area contributed by atoms with Crippen LogP contribution in [0.2, 0.25) is 0 Å². The Morgan fingerprint density at radius 3 is 2.92 bits per heavy atom. The van der Waals surface area contributed by atoms with Crippen LogP contribution in [0.3, 0.4) is 0 Å². The van der Waals surface area contributed by atoms with Gasteiger partial charge in [-0.05, 0) is 35.9 Å². The SMILES string of the molecule is COc1ccc(/C=N/NC(=O)c2ccn[nH]2)cc1COc1ccccn1. The molecular formula is C18H17N5O3. The molecule has 0 saturated heterocycles. The van der Waals surface area contributed by atoms with E-state index >= 15 is 0 Å². The molecule has 8 nitrogen and oxygen atoms in total. The van der Waals surface area contributed by atoms with Crippen molar-refractivity contribution in [2.75, 3.05) is 7.11 Å². The first-order valence-corrected chi connectivity index (χ1v) is 7.80. The molecule has 0 unspecified atom stereocenters. The molecule has 26 heavy (non-hydrogen) atoms. The highest BCUT2D eigenvalue weighted by Gasteiger charge is 2.07. The Bertz CT molecular complexity index is 879. The second kappa shape index (κ2) is 8.43. The molecule has 0 aliphatic heterocycles. The van der Waals surface area contributed by atoms with E-state index in [2.05, 4.69) is 25.7 Å². The predicted molar refractivity (Wildman–Crippen MR) is 95.2 cm³/mol. The van der Waals surface area contributed by atoms with Gasteiger partial charge in [-0.25, -0.2) is 10.4 Å². The molecule has 2 aromatic heterocycles. The lowest BCUT2D eigenvalue weighted by molar-refractivity contribution is 0.0950. The van der Waals surface area contributed by atoms with Crippen LogP contribution in [0.1, 0.15) is 21.6 Å². The number of hydrazone groups is 1. The third-order valence-corrected chi connectivity index (χ3v) is 3.44. The molecule has 132 valence electrons. The number of aromatic nitrogens is 3. The average Bonchev–Trinajstić information content (AvgIpc) is 3.22. The third kappa shape index (κ3) is 4.44. The molecule has 0 fully saturated rings. The first kappa shape index (κ1) is 17.2. The van der Waals surface area contributed by atoms with Crippen molar-refractivity contribution < 1.29 is 14.3 Å². The lowest BCUT2D eigenvalue weighted by Gasteiger charge is -2.10. The second-order valence-electron chi connectivity index (χ2n) is 5.20. The molecule has 3 aromatic rings. The number of carbonyl (C=O) groups excluding carboxylic acids is 1. The first-order chi connectivity index (χ1) is 12.8. The zero-order valence-electron chi connectivity index (χ0n) is 14.0. The summed E-state index contributed by atoms with van der Waals surface area (Å²) >= 11 is 0. The zero-order valence-corrected chi connectivity index (χ0v) is 14.0. The number of amides is 1. The largest absolute Gasteiger partial charge is 0.496 e. The Balaban J connectivity index is 1.66. The number of rotatable bonds is 7. The van der Waals surface area contributed by atoms with Gasteiger partial charge in [-0.1, -0.05) is 6.07 Å². The quantitative estimate of drug-likeness (QED) is 0.502. The van der Waals surface area contributed by atoms with Crippen molar-refractivity contribution in [2.24, 2.45) is 5.10 Å². The Morgan fingerprint density at radius 2 is 2.19 bits per heavy atom. The van der Waals surface area contributed by atoms with Crippen LogP contribution in [-0.4, -0.2) is 34.4 Å². The van der Waals surface area contributed by atoms with Crippen LogP contribution in [0.4, 0.5) is 0 Å². The summed E-state index contributed by atoms with van der Waals surface area (Å²) in [6.45, 7) is 0.294. The van der Waals surface area contributed by atoms with Gasteiger partial charge < -0.3 is 9.47 Å². The topological polar surface area (TPSA) is 101 Å². The third-order valence-electron chi connectivity index (χ3n) is 3.44. The van der Waals surface area contributed by atoms with Gasteiger partial charge in [0.1, 0.15) is 18.1 Å². The highest BCUT2D eigenvalue weighted by molar-refractivity contribution is 5.93. The van der Waals surface area contributed by atoms with Crippen molar-refractivity contribution >= 4 is 12.1 Å². The fourth-order valence-corrected chi connectivity index (χ4v) is 2.18. The van der Waals surface area contributed by atoms with E-state index in [4.69, 9.17) is 9.47 Å². The molecule has 1 aromatic carbocycles. The minimum atomic E-state index is -0.369. The molecule has 0 radical (unpaired) electrons. The number of pyridine rings is 1. The van der Waals surface area contributed by atoms with Gasteiger partial charge in [0.2, 0.25) is 5.88 Å². The Hall–Kier alpha value is -3.68. The van der Waals surface area contributed by atoms with Crippen molar-refractivity contribution in [1.29, 1.82) is 0 Å². The molecular weight excluding hydrogens is 334 g/mol. The molecule has 2 N–H and O–H groups in total. The second-order valence-corrected chi connectivity index (χ2v) is 5.20. The molecule has 3 rings (SSSR count). The summed E-state index contributed by atoms with van der Waals surface area (Å²) in [7, 11) is 1.60. The number of nitrogens with zero attached hydrogens (tertiary/aromatic N) is 3. The van der Waals surface area contributed by atoms with E-state index in [-0.39, 0.29) is 5.91 Å². The summed E-state index contributed by atoms with van der Waals surface area (Å²) in [5, 5.41) is 10.2. The normalized spacial score (nSPS) is 10.7. The van der Waals surface area contributed by atoms with Crippen molar-refractivity contribution in [3.63, 3.8) is 0 Å². The number of hydrogen-bond acceptors (Lipinski definition) is 6. The van der Waals surface area contributed by atoms with Crippen molar-refractivity contribution in [3.05, 3.63) is 71.7 Å². The van der Waals surface area contributed by atoms with Crippen LogP contribution in [0.15, 0.2) is 60.0 Å². The van der Waals surface area contributed by atoms with Gasteiger partial charge in [-0.3, -0.25) is 9.89 Å².